The zero-order valence-corrected chi connectivity index (χ0v) is 25.1. The number of amides is 1. The highest BCUT2D eigenvalue weighted by molar-refractivity contribution is 5.92. The van der Waals surface area contributed by atoms with E-state index in [-0.39, 0.29) is 11.4 Å². The lowest BCUT2D eigenvalue weighted by molar-refractivity contribution is -0.149. The van der Waals surface area contributed by atoms with Gasteiger partial charge in [0.25, 0.3) is 0 Å². The van der Waals surface area contributed by atoms with E-state index in [2.05, 4.69) is 11.1 Å². The number of carboxylic acid groups (broad SMARTS) is 1. The van der Waals surface area contributed by atoms with E-state index in [1.165, 1.54) is 36.7 Å². The predicted molar refractivity (Wildman–Crippen MR) is 162 cm³/mol. The summed E-state index contributed by atoms with van der Waals surface area (Å²) in [6.07, 6.45) is 17.0. The van der Waals surface area contributed by atoms with Gasteiger partial charge in [-0.3, -0.25) is 4.79 Å². The third-order valence-electron chi connectivity index (χ3n) is 6.83. The van der Waals surface area contributed by atoms with Crippen molar-refractivity contribution in [1.29, 1.82) is 0 Å². The number of benzene rings is 1. The maximum atomic E-state index is 12.7. The molecule has 1 aliphatic carbocycles. The lowest BCUT2D eigenvalue weighted by Gasteiger charge is -2.34. The highest BCUT2D eigenvalue weighted by Crippen LogP contribution is 2.33. The molecule has 8 nitrogen and oxygen atoms in total. The number of allylic oxidation sites excluding steroid dienone is 4. The van der Waals surface area contributed by atoms with Crippen molar-refractivity contribution in [2.45, 2.75) is 84.7 Å². The molecule has 0 radical (unpaired) electrons. The van der Waals surface area contributed by atoms with Crippen molar-refractivity contribution in [3.8, 4) is 5.75 Å². The molecule has 222 valence electrons. The van der Waals surface area contributed by atoms with Gasteiger partial charge < -0.3 is 24.9 Å². The molecular weight excluding hydrogens is 518 g/mol. The number of fused-ring (bicyclic) bond motifs is 1. The van der Waals surface area contributed by atoms with Gasteiger partial charge in [-0.05, 0) is 89.1 Å². The van der Waals surface area contributed by atoms with Crippen molar-refractivity contribution >= 4 is 18.0 Å². The zero-order chi connectivity index (χ0) is 30.0. The molecule has 0 bridgehead atoms. The summed E-state index contributed by atoms with van der Waals surface area (Å²) in [6, 6.07) is 4.44. The third-order valence-corrected chi connectivity index (χ3v) is 6.83. The van der Waals surface area contributed by atoms with Gasteiger partial charge in [0.05, 0.1) is 12.3 Å². The zero-order valence-electron chi connectivity index (χ0n) is 25.1. The van der Waals surface area contributed by atoms with Crippen LogP contribution < -0.4 is 10.5 Å². The Morgan fingerprint density at radius 3 is 2.59 bits per heavy atom. The van der Waals surface area contributed by atoms with Crippen LogP contribution in [0.4, 0.5) is 0 Å². The average molecular weight is 564 g/mol. The maximum absolute atomic E-state index is 12.7. The van der Waals surface area contributed by atoms with Gasteiger partial charge in [-0.25, -0.2) is 9.78 Å². The van der Waals surface area contributed by atoms with Crippen molar-refractivity contribution < 1.29 is 23.8 Å². The van der Waals surface area contributed by atoms with Crippen molar-refractivity contribution in [1.82, 2.24) is 9.88 Å². The second-order valence-corrected chi connectivity index (χ2v) is 11.7. The first-order valence-corrected chi connectivity index (χ1v) is 14.5. The van der Waals surface area contributed by atoms with Gasteiger partial charge >= 0.3 is 5.97 Å². The second-order valence-electron chi connectivity index (χ2n) is 11.7. The Labute approximate surface area is 244 Å². The van der Waals surface area contributed by atoms with Gasteiger partial charge in [0.2, 0.25) is 11.8 Å². The molecule has 0 spiro atoms. The Hall–Kier alpha value is -3.65. The number of hydrogen-bond acceptors (Lipinski definition) is 6. The van der Waals surface area contributed by atoms with Crippen LogP contribution in [0.5, 0.6) is 5.75 Å². The van der Waals surface area contributed by atoms with E-state index in [9.17, 15) is 14.7 Å². The number of nitrogens with two attached hydrogens (primary N) is 1. The van der Waals surface area contributed by atoms with E-state index < -0.39 is 12.0 Å². The summed E-state index contributed by atoms with van der Waals surface area (Å²) >= 11 is 0. The van der Waals surface area contributed by atoms with E-state index in [1.807, 2.05) is 58.9 Å². The number of ether oxygens (including phenoxy) is 1. The topological polar surface area (TPSA) is 119 Å². The standard InChI is InChI=1S/C29H34N2O5.C4H11N/c1-3-4-5-10-27(32)31-17-15-22-12-13-23(19-24(22)28(31)29(33)34)35-18-16-25-20(2)36-26(30-25)14-11-21-8-6-7-9-21;1-4(2,3)5/h3-5,10-14,19,21,28H,6-9,15-18H2,1-2H3,(H,33,34);5H2,1-3H3/b4-3?,10-5?,14-11+;. The first-order chi connectivity index (χ1) is 19.5. The lowest BCUT2D eigenvalue weighted by Crippen LogP contribution is -2.42. The molecule has 1 aromatic heterocycles. The molecule has 41 heavy (non-hydrogen) atoms. The van der Waals surface area contributed by atoms with Gasteiger partial charge in [-0.1, -0.05) is 43.2 Å². The molecule has 1 aliphatic heterocycles. The summed E-state index contributed by atoms with van der Waals surface area (Å²) in [6.45, 7) is 10.4. The molecule has 1 saturated carbocycles. The SMILES string of the molecule is CC(C)(C)N.CC=CC=CC(=O)N1CCc2ccc(OCCc3nc(/C=C/C4CCCC4)oc3C)cc2C1C(=O)O. The number of rotatable bonds is 9. The van der Waals surface area contributed by atoms with Gasteiger partial charge in [0.1, 0.15) is 11.5 Å². The lowest BCUT2D eigenvalue weighted by atomic mass is 9.92. The molecule has 2 aromatic rings. The van der Waals surface area contributed by atoms with E-state index in [1.54, 1.807) is 18.2 Å². The number of nitrogens with zero attached hydrogens (tertiary/aromatic N) is 2. The minimum Gasteiger partial charge on any atom is -0.493 e. The van der Waals surface area contributed by atoms with Gasteiger partial charge in [-0.15, -0.1) is 0 Å². The number of carbonyl (C=O) groups excluding carboxylic acids is 1. The molecule has 1 atom stereocenters. The Morgan fingerprint density at radius 2 is 1.93 bits per heavy atom. The summed E-state index contributed by atoms with van der Waals surface area (Å²) < 4.78 is 11.8. The van der Waals surface area contributed by atoms with Crippen LogP contribution in [-0.4, -0.2) is 45.6 Å². The van der Waals surface area contributed by atoms with Crippen molar-refractivity contribution in [3.05, 3.63) is 77.1 Å². The number of carbonyl (C=O) groups is 2. The number of aliphatic carboxylic acids is 1. The largest absolute Gasteiger partial charge is 0.493 e. The predicted octanol–water partition coefficient (Wildman–Crippen LogP) is 6.19. The summed E-state index contributed by atoms with van der Waals surface area (Å²) in [5, 5.41) is 9.94. The van der Waals surface area contributed by atoms with Crippen LogP contribution in [-0.2, 0) is 22.4 Å². The number of carboxylic acids is 1. The van der Waals surface area contributed by atoms with Crippen LogP contribution in [0.1, 0.15) is 87.9 Å². The second kappa shape index (κ2) is 14.8. The summed E-state index contributed by atoms with van der Waals surface area (Å²) in [4.78, 5) is 30.8. The number of aryl methyl sites for hydroxylation is 1. The Balaban J connectivity index is 0.000000850. The van der Waals surface area contributed by atoms with Gasteiger partial charge in [0, 0.05) is 24.6 Å². The fraction of sp³-hybridized carbons (Fsp3) is 0.485. The highest BCUT2D eigenvalue weighted by atomic mass is 16.5. The molecule has 1 unspecified atom stereocenters. The Bertz CT molecular complexity index is 1260. The maximum Gasteiger partial charge on any atom is 0.331 e. The number of oxazole rings is 1. The van der Waals surface area contributed by atoms with Crippen molar-refractivity contribution in [2.75, 3.05) is 13.2 Å². The molecule has 0 saturated heterocycles. The third kappa shape index (κ3) is 10.0. The number of hydrogen-bond donors (Lipinski definition) is 2. The summed E-state index contributed by atoms with van der Waals surface area (Å²) in [5.41, 5.74) is 7.72. The molecule has 4 rings (SSSR count). The fourth-order valence-corrected chi connectivity index (χ4v) is 4.92. The van der Waals surface area contributed by atoms with Crippen molar-refractivity contribution in [3.63, 3.8) is 0 Å². The Kier molecular flexibility index (Phi) is 11.5. The average Bonchev–Trinajstić information content (AvgIpc) is 3.55. The smallest absolute Gasteiger partial charge is 0.331 e. The van der Waals surface area contributed by atoms with Crippen LogP contribution in [0.3, 0.4) is 0 Å². The normalized spacial score (nSPS) is 17.7. The summed E-state index contributed by atoms with van der Waals surface area (Å²) in [5.74, 6) is 1.22. The quantitative estimate of drug-likeness (QED) is 0.276. The van der Waals surface area contributed by atoms with Crippen molar-refractivity contribution in [2.24, 2.45) is 11.7 Å². The molecule has 1 amide bonds. The molecule has 8 heteroatoms. The molecule has 1 fully saturated rings. The van der Waals surface area contributed by atoms with Gasteiger partial charge in [-0.2, -0.15) is 0 Å². The minimum absolute atomic E-state index is 0. The van der Waals surface area contributed by atoms with Crippen LogP contribution in [0.25, 0.3) is 6.08 Å². The number of aromatic nitrogens is 1. The highest BCUT2D eigenvalue weighted by Gasteiger charge is 2.35. The molecule has 2 heterocycles. The van der Waals surface area contributed by atoms with Crippen LogP contribution in [0, 0.1) is 12.8 Å². The van der Waals surface area contributed by atoms with E-state index in [0.717, 1.165) is 17.0 Å². The van der Waals surface area contributed by atoms with Gasteiger partial charge in [0.15, 0.2) is 6.04 Å². The molecule has 1 aromatic carbocycles. The fourth-order valence-electron chi connectivity index (χ4n) is 4.92. The Morgan fingerprint density at radius 1 is 1.22 bits per heavy atom. The molecular formula is C33H45N3O5. The van der Waals surface area contributed by atoms with Crippen LogP contribution in [0.2, 0.25) is 0 Å². The van der Waals surface area contributed by atoms with Crippen LogP contribution in [0.15, 0.2) is 53.0 Å². The van der Waals surface area contributed by atoms with E-state index in [4.69, 9.17) is 14.9 Å². The van der Waals surface area contributed by atoms with E-state index in [0.29, 0.717) is 49.1 Å². The van der Waals surface area contributed by atoms with E-state index >= 15 is 0 Å². The first-order valence-electron chi connectivity index (χ1n) is 14.5. The van der Waals surface area contributed by atoms with Crippen LogP contribution >= 0.6 is 0 Å². The summed E-state index contributed by atoms with van der Waals surface area (Å²) in [7, 11) is 0. The minimum atomic E-state index is -1.06. The molecule has 3 N–H and O–H groups in total. The first kappa shape index (κ1) is 31.9. The molecule has 2 aliphatic rings. The monoisotopic (exact) mass is 563 g/mol.